The average molecular weight is 339 g/mol. The van der Waals surface area contributed by atoms with E-state index >= 15 is 0 Å². The van der Waals surface area contributed by atoms with Crippen molar-refractivity contribution in [2.75, 3.05) is 19.6 Å². The molecule has 0 aliphatic carbocycles. The van der Waals surface area contributed by atoms with Gasteiger partial charge in [-0.25, -0.2) is 0 Å². The van der Waals surface area contributed by atoms with Gasteiger partial charge in [0, 0.05) is 17.8 Å². The highest BCUT2D eigenvalue weighted by molar-refractivity contribution is 6.00. The van der Waals surface area contributed by atoms with Crippen LogP contribution in [0, 0.1) is 6.92 Å². The van der Waals surface area contributed by atoms with E-state index in [-0.39, 0.29) is 0 Å². The molecule has 0 radical (unpaired) electrons. The summed E-state index contributed by atoms with van der Waals surface area (Å²) in [5, 5.41) is 0. The highest BCUT2D eigenvalue weighted by Gasteiger charge is 2.22. The van der Waals surface area contributed by atoms with Crippen LogP contribution in [0.4, 0.5) is 0 Å². The fourth-order valence-corrected chi connectivity index (χ4v) is 3.70. The largest absolute Gasteiger partial charge is 0.304 e. The quantitative estimate of drug-likeness (QED) is 0.467. The van der Waals surface area contributed by atoms with Crippen molar-refractivity contribution in [3.8, 4) is 0 Å². The highest BCUT2D eigenvalue weighted by atomic mass is 15.1. The lowest BCUT2D eigenvalue weighted by Gasteiger charge is -2.32. The second-order valence-electron chi connectivity index (χ2n) is 7.41. The summed E-state index contributed by atoms with van der Waals surface area (Å²) >= 11 is 0. The Kier molecular flexibility index (Phi) is 7.19. The number of benzene rings is 1. The summed E-state index contributed by atoms with van der Waals surface area (Å²) in [4.78, 5) is 7.48. The first-order valence-corrected chi connectivity index (χ1v) is 9.62. The predicted octanol–water partition coefficient (Wildman–Crippen LogP) is 5.87. The lowest BCUT2D eigenvalue weighted by Crippen LogP contribution is -2.33. The first-order valence-electron chi connectivity index (χ1n) is 9.62. The molecule has 1 aromatic carbocycles. The van der Waals surface area contributed by atoms with Crippen molar-refractivity contribution >= 4 is 5.71 Å². The van der Waals surface area contributed by atoms with Gasteiger partial charge in [-0.1, -0.05) is 48.9 Å². The van der Waals surface area contributed by atoms with Crippen LogP contribution in [-0.2, 0) is 0 Å². The van der Waals surface area contributed by atoms with Crippen LogP contribution >= 0.6 is 0 Å². The van der Waals surface area contributed by atoms with Gasteiger partial charge in [0.15, 0.2) is 0 Å². The summed E-state index contributed by atoms with van der Waals surface area (Å²) < 4.78 is 0. The number of hydrogen-bond donors (Lipinski definition) is 0. The monoisotopic (exact) mass is 338 g/mol. The van der Waals surface area contributed by atoms with Crippen LogP contribution < -0.4 is 0 Å². The third kappa shape index (κ3) is 5.40. The van der Waals surface area contributed by atoms with Crippen LogP contribution in [0.25, 0.3) is 0 Å². The molecule has 25 heavy (non-hydrogen) atoms. The molecule has 2 rings (SSSR count). The number of nitrogens with zero attached hydrogens (tertiary/aromatic N) is 2. The summed E-state index contributed by atoms with van der Waals surface area (Å²) in [5.74, 6) is 0.651. The van der Waals surface area contributed by atoms with Gasteiger partial charge in [0.05, 0.1) is 0 Å². The van der Waals surface area contributed by atoms with Gasteiger partial charge >= 0.3 is 0 Å². The van der Waals surface area contributed by atoms with Crippen molar-refractivity contribution in [2.24, 2.45) is 4.99 Å². The minimum atomic E-state index is 0.651. The molecule has 0 atom stereocenters. The van der Waals surface area contributed by atoms with Gasteiger partial charge in [0.2, 0.25) is 0 Å². The number of piperidine rings is 1. The molecule has 0 saturated carbocycles. The Hall–Kier alpha value is -1.67. The maximum Gasteiger partial charge on any atom is 0.0451 e. The van der Waals surface area contributed by atoms with Crippen molar-refractivity contribution in [1.82, 2.24) is 4.90 Å². The van der Waals surface area contributed by atoms with Crippen molar-refractivity contribution in [1.29, 1.82) is 0 Å². The molecule has 2 heteroatoms. The van der Waals surface area contributed by atoms with Gasteiger partial charge < -0.3 is 4.90 Å². The average Bonchev–Trinajstić information content (AvgIpc) is 2.60. The Morgan fingerprint density at radius 3 is 2.52 bits per heavy atom. The molecule has 0 aromatic heterocycles. The normalized spacial score (nSPS) is 17.8. The van der Waals surface area contributed by atoms with Crippen LogP contribution in [0.15, 0.2) is 47.1 Å². The topological polar surface area (TPSA) is 15.6 Å². The second kappa shape index (κ2) is 9.15. The molecule has 1 heterocycles. The molecule has 0 spiro atoms. The molecule has 136 valence electrons. The van der Waals surface area contributed by atoms with E-state index in [4.69, 9.17) is 4.99 Å². The van der Waals surface area contributed by atoms with Crippen LogP contribution in [0.1, 0.15) is 69.6 Å². The Balaban J connectivity index is 2.30. The third-order valence-corrected chi connectivity index (χ3v) is 5.20. The first-order chi connectivity index (χ1) is 11.9. The summed E-state index contributed by atoms with van der Waals surface area (Å²) in [6.45, 7) is 18.3. The van der Waals surface area contributed by atoms with Crippen LogP contribution in [0.3, 0.4) is 0 Å². The molecule has 1 aromatic rings. The van der Waals surface area contributed by atoms with Crippen molar-refractivity contribution in [2.45, 2.75) is 59.8 Å². The number of allylic oxidation sites excluding steroid dienone is 2. The maximum absolute atomic E-state index is 4.93. The van der Waals surface area contributed by atoms with Crippen LogP contribution in [0.5, 0.6) is 0 Å². The highest BCUT2D eigenvalue weighted by Crippen LogP contribution is 2.31. The molecule has 1 saturated heterocycles. The molecule has 1 aliphatic rings. The van der Waals surface area contributed by atoms with E-state index in [9.17, 15) is 0 Å². The van der Waals surface area contributed by atoms with Gasteiger partial charge in [-0.3, -0.25) is 4.99 Å². The molecular weight excluding hydrogens is 304 g/mol. The van der Waals surface area contributed by atoms with E-state index in [1.165, 1.54) is 49.2 Å². The summed E-state index contributed by atoms with van der Waals surface area (Å²) in [7, 11) is 0. The Bertz CT molecular complexity index is 659. The Labute approximate surface area is 154 Å². The van der Waals surface area contributed by atoms with E-state index in [0.717, 1.165) is 23.4 Å². The minimum Gasteiger partial charge on any atom is -0.304 e. The van der Waals surface area contributed by atoms with Crippen LogP contribution in [0.2, 0.25) is 0 Å². The van der Waals surface area contributed by atoms with E-state index in [0.29, 0.717) is 5.92 Å². The molecule has 0 bridgehead atoms. The van der Waals surface area contributed by atoms with E-state index in [1.54, 1.807) is 0 Å². The molecule has 1 aliphatic heterocycles. The number of aryl methyl sites for hydroxylation is 1. The third-order valence-electron chi connectivity index (χ3n) is 5.20. The number of rotatable bonds is 6. The summed E-state index contributed by atoms with van der Waals surface area (Å²) in [5.41, 5.74) is 7.54. The zero-order valence-corrected chi connectivity index (χ0v) is 16.7. The van der Waals surface area contributed by atoms with Gasteiger partial charge in [-0.15, -0.1) is 0 Å². The number of aliphatic imine (C=N–C) groups is 1. The van der Waals surface area contributed by atoms with Gasteiger partial charge in [0.25, 0.3) is 0 Å². The molecule has 0 unspecified atom stereocenters. The lowest BCUT2D eigenvalue weighted by atomic mass is 9.84. The van der Waals surface area contributed by atoms with Crippen molar-refractivity contribution < 1.29 is 0 Å². The maximum atomic E-state index is 4.93. The molecular formula is C23H34N2. The fraction of sp³-hybridized carbons (Fsp3) is 0.522. The summed E-state index contributed by atoms with van der Waals surface area (Å²) in [6, 6.07) is 6.87. The van der Waals surface area contributed by atoms with E-state index in [2.05, 4.69) is 70.4 Å². The van der Waals surface area contributed by atoms with Gasteiger partial charge in [0.1, 0.15) is 0 Å². The lowest BCUT2D eigenvalue weighted by molar-refractivity contribution is 0.222. The standard InChI is InChI=1S/C23H34N2/c1-7-21(15-17(3)4)24-19(6)22-10-9-18(5)16-23(22)20-11-13-25(8-2)14-12-20/h7,9-10,16,20H,3,8,11-15H2,1-2,4-6H3/b21-7-,24-19?. The SMILES string of the molecule is C=C(C)C/C(=C/C)N=C(C)c1ccc(C)cc1C1CCN(CC)CC1. The van der Waals surface area contributed by atoms with Crippen molar-refractivity contribution in [3.05, 3.63) is 58.8 Å². The van der Waals surface area contributed by atoms with Gasteiger partial charge in [-0.2, -0.15) is 0 Å². The minimum absolute atomic E-state index is 0.651. The van der Waals surface area contributed by atoms with Crippen LogP contribution in [-0.4, -0.2) is 30.2 Å². The van der Waals surface area contributed by atoms with Crippen molar-refractivity contribution in [3.63, 3.8) is 0 Å². The van der Waals surface area contributed by atoms with E-state index in [1.807, 2.05) is 0 Å². The Morgan fingerprint density at radius 2 is 1.96 bits per heavy atom. The second-order valence-corrected chi connectivity index (χ2v) is 7.41. The molecule has 1 fully saturated rings. The molecule has 0 N–H and O–H groups in total. The number of hydrogen-bond acceptors (Lipinski definition) is 2. The molecule has 0 amide bonds. The predicted molar refractivity (Wildman–Crippen MR) is 111 cm³/mol. The zero-order valence-electron chi connectivity index (χ0n) is 16.7. The van der Waals surface area contributed by atoms with E-state index < -0.39 is 0 Å². The summed E-state index contributed by atoms with van der Waals surface area (Å²) in [6.07, 6.45) is 5.45. The first kappa shape index (κ1) is 19.7. The zero-order chi connectivity index (χ0) is 18.4. The fourth-order valence-electron chi connectivity index (χ4n) is 3.70. The smallest absolute Gasteiger partial charge is 0.0451 e. The Morgan fingerprint density at radius 1 is 1.28 bits per heavy atom. The molecule has 2 nitrogen and oxygen atoms in total. The van der Waals surface area contributed by atoms with Gasteiger partial charge in [-0.05, 0) is 77.2 Å². The number of likely N-dealkylation sites (tertiary alicyclic amines) is 1.